The van der Waals surface area contributed by atoms with Crippen LogP contribution >= 0.6 is 0 Å². The van der Waals surface area contributed by atoms with Gasteiger partial charge in [-0.2, -0.15) is 0 Å². The van der Waals surface area contributed by atoms with Gasteiger partial charge in [0.2, 0.25) is 5.91 Å². The fraction of sp³-hybridized carbons (Fsp3) is 0.500. The molecule has 2 aliphatic rings. The van der Waals surface area contributed by atoms with Gasteiger partial charge in [0, 0.05) is 18.2 Å². The lowest BCUT2D eigenvalue weighted by Crippen LogP contribution is -2.38. The molecule has 0 radical (unpaired) electrons. The van der Waals surface area contributed by atoms with Gasteiger partial charge in [0.25, 0.3) is 5.91 Å². The number of anilines is 1. The zero-order valence-electron chi connectivity index (χ0n) is 14.9. The lowest BCUT2D eigenvalue weighted by atomic mass is 10.0. The van der Waals surface area contributed by atoms with E-state index >= 15 is 0 Å². The molecule has 26 heavy (non-hydrogen) atoms. The number of nitrogens with one attached hydrogen (secondary N) is 2. The highest BCUT2D eigenvalue weighted by Gasteiger charge is 2.39. The molecule has 1 atom stereocenters. The zero-order chi connectivity index (χ0) is 18.7. The molecule has 0 saturated carbocycles. The molecule has 1 aromatic carbocycles. The van der Waals surface area contributed by atoms with Crippen molar-refractivity contribution >= 4 is 23.5 Å². The van der Waals surface area contributed by atoms with Crippen molar-refractivity contribution in [3.05, 3.63) is 18.2 Å². The van der Waals surface area contributed by atoms with E-state index in [0.717, 1.165) is 11.3 Å². The van der Waals surface area contributed by atoms with Gasteiger partial charge >= 0.3 is 6.03 Å². The van der Waals surface area contributed by atoms with Crippen molar-refractivity contribution in [2.24, 2.45) is 5.92 Å². The van der Waals surface area contributed by atoms with E-state index in [1.54, 1.807) is 18.2 Å². The topological polar surface area (TPSA) is 97.0 Å². The molecule has 1 unspecified atom stereocenters. The smallest absolute Gasteiger partial charge is 0.325 e. The first kappa shape index (κ1) is 18.0. The number of hydrogen-bond acceptors (Lipinski definition) is 5. The summed E-state index contributed by atoms with van der Waals surface area (Å²) in [6.45, 7) is 4.75. The standard InChI is InChI=1S/C18H23N3O5/c1-11(2)8-13-17(23)21(18(24)20-13)10-16(22)19-12-4-5-14-15(9-12)26-7-3-6-25-14/h4-5,9,11,13H,3,6-8,10H2,1-2H3,(H,19,22)(H,20,24). The molecule has 0 aliphatic carbocycles. The molecule has 1 saturated heterocycles. The SMILES string of the molecule is CC(C)CC1NC(=O)N(CC(=O)Nc2ccc3c(c2)OCCCO3)C1=O. The third kappa shape index (κ3) is 4.07. The maximum atomic E-state index is 12.3. The predicted molar refractivity (Wildman–Crippen MR) is 94.2 cm³/mol. The molecule has 2 heterocycles. The molecule has 3 rings (SSSR count). The maximum Gasteiger partial charge on any atom is 0.325 e. The van der Waals surface area contributed by atoms with Gasteiger partial charge in [-0.3, -0.25) is 14.5 Å². The molecule has 8 heteroatoms. The summed E-state index contributed by atoms with van der Waals surface area (Å²) in [5.74, 6) is 0.643. The van der Waals surface area contributed by atoms with E-state index in [4.69, 9.17) is 9.47 Å². The third-order valence-corrected chi connectivity index (χ3v) is 4.15. The van der Waals surface area contributed by atoms with Crippen LogP contribution in [0.2, 0.25) is 0 Å². The Balaban J connectivity index is 1.61. The Bertz CT molecular complexity index is 719. The number of ether oxygens (including phenoxy) is 2. The van der Waals surface area contributed by atoms with Crippen molar-refractivity contribution in [2.75, 3.05) is 25.1 Å². The van der Waals surface area contributed by atoms with Gasteiger partial charge in [0.15, 0.2) is 11.5 Å². The minimum absolute atomic E-state index is 0.264. The Kier molecular flexibility index (Phi) is 5.29. The number of hydrogen-bond donors (Lipinski definition) is 2. The Labute approximate surface area is 151 Å². The second-order valence-electron chi connectivity index (χ2n) is 6.82. The van der Waals surface area contributed by atoms with Crippen LogP contribution in [0.15, 0.2) is 18.2 Å². The van der Waals surface area contributed by atoms with Gasteiger partial charge < -0.3 is 20.1 Å². The van der Waals surface area contributed by atoms with Crippen LogP contribution in [-0.2, 0) is 9.59 Å². The highest BCUT2D eigenvalue weighted by molar-refractivity contribution is 6.07. The number of fused-ring (bicyclic) bond motifs is 1. The van der Waals surface area contributed by atoms with E-state index in [1.165, 1.54) is 0 Å². The molecule has 8 nitrogen and oxygen atoms in total. The first-order valence-electron chi connectivity index (χ1n) is 8.75. The van der Waals surface area contributed by atoms with E-state index in [1.807, 2.05) is 13.8 Å². The van der Waals surface area contributed by atoms with Crippen molar-refractivity contribution in [1.82, 2.24) is 10.2 Å². The van der Waals surface area contributed by atoms with Crippen molar-refractivity contribution < 1.29 is 23.9 Å². The summed E-state index contributed by atoms with van der Waals surface area (Å²) < 4.78 is 11.1. The zero-order valence-corrected chi connectivity index (χ0v) is 14.9. The van der Waals surface area contributed by atoms with Crippen LogP contribution in [0, 0.1) is 5.92 Å². The largest absolute Gasteiger partial charge is 0.490 e. The van der Waals surface area contributed by atoms with Gasteiger partial charge in [-0.1, -0.05) is 13.8 Å². The summed E-state index contributed by atoms with van der Waals surface area (Å²) in [5.41, 5.74) is 0.519. The van der Waals surface area contributed by atoms with Gasteiger partial charge in [-0.15, -0.1) is 0 Å². The van der Waals surface area contributed by atoms with E-state index in [2.05, 4.69) is 10.6 Å². The lowest BCUT2D eigenvalue weighted by Gasteiger charge is -2.14. The van der Waals surface area contributed by atoms with E-state index in [9.17, 15) is 14.4 Å². The van der Waals surface area contributed by atoms with Crippen LogP contribution in [0.3, 0.4) is 0 Å². The molecule has 4 amide bonds. The summed E-state index contributed by atoms with van der Waals surface area (Å²) in [7, 11) is 0. The number of nitrogens with zero attached hydrogens (tertiary/aromatic N) is 1. The number of carbonyl (C=O) groups is 3. The first-order chi connectivity index (χ1) is 12.4. The molecule has 0 bridgehead atoms. The molecular weight excluding hydrogens is 338 g/mol. The van der Waals surface area contributed by atoms with Crippen LogP contribution in [0.5, 0.6) is 11.5 Å². The maximum absolute atomic E-state index is 12.3. The number of rotatable bonds is 5. The summed E-state index contributed by atoms with van der Waals surface area (Å²) in [6.07, 6.45) is 1.34. The number of imide groups is 1. The predicted octanol–water partition coefficient (Wildman–Crippen LogP) is 1.75. The normalized spacial score (nSPS) is 19.3. The number of urea groups is 1. The average molecular weight is 361 g/mol. The van der Waals surface area contributed by atoms with Crippen LogP contribution in [0.1, 0.15) is 26.7 Å². The molecule has 2 aliphatic heterocycles. The fourth-order valence-corrected chi connectivity index (χ4v) is 2.94. The minimum Gasteiger partial charge on any atom is -0.490 e. The molecule has 1 aromatic rings. The van der Waals surface area contributed by atoms with Crippen LogP contribution in [-0.4, -0.2) is 48.5 Å². The summed E-state index contributed by atoms with van der Waals surface area (Å²) in [6, 6.07) is 4.00. The number of amides is 4. The van der Waals surface area contributed by atoms with Gasteiger partial charge in [0.1, 0.15) is 12.6 Å². The summed E-state index contributed by atoms with van der Waals surface area (Å²) in [5, 5.41) is 5.31. The van der Waals surface area contributed by atoms with Crippen LogP contribution in [0.25, 0.3) is 0 Å². The Morgan fingerprint density at radius 1 is 1.27 bits per heavy atom. The highest BCUT2D eigenvalue weighted by atomic mass is 16.5. The Hall–Kier alpha value is -2.77. The molecule has 0 spiro atoms. The number of carbonyl (C=O) groups excluding carboxylic acids is 3. The highest BCUT2D eigenvalue weighted by Crippen LogP contribution is 2.32. The van der Waals surface area contributed by atoms with Crippen LogP contribution < -0.4 is 20.1 Å². The molecule has 0 aromatic heterocycles. The molecule has 140 valence electrons. The monoisotopic (exact) mass is 361 g/mol. The lowest BCUT2D eigenvalue weighted by molar-refractivity contribution is -0.131. The van der Waals surface area contributed by atoms with Crippen molar-refractivity contribution in [2.45, 2.75) is 32.7 Å². The quantitative estimate of drug-likeness (QED) is 0.779. The Morgan fingerprint density at radius 2 is 2.00 bits per heavy atom. The van der Waals surface area contributed by atoms with E-state index < -0.39 is 18.0 Å². The van der Waals surface area contributed by atoms with Crippen molar-refractivity contribution in [1.29, 1.82) is 0 Å². The Morgan fingerprint density at radius 3 is 2.73 bits per heavy atom. The molecular formula is C18H23N3O5. The van der Waals surface area contributed by atoms with Crippen molar-refractivity contribution in [3.63, 3.8) is 0 Å². The third-order valence-electron chi connectivity index (χ3n) is 4.15. The van der Waals surface area contributed by atoms with Gasteiger partial charge in [0.05, 0.1) is 13.2 Å². The van der Waals surface area contributed by atoms with E-state index in [-0.39, 0.29) is 18.4 Å². The fourth-order valence-electron chi connectivity index (χ4n) is 2.94. The first-order valence-corrected chi connectivity index (χ1v) is 8.75. The number of benzene rings is 1. The van der Waals surface area contributed by atoms with Crippen molar-refractivity contribution in [3.8, 4) is 11.5 Å². The van der Waals surface area contributed by atoms with Gasteiger partial charge in [-0.05, 0) is 24.5 Å². The minimum atomic E-state index is -0.562. The van der Waals surface area contributed by atoms with Gasteiger partial charge in [-0.25, -0.2) is 4.79 Å². The summed E-state index contributed by atoms with van der Waals surface area (Å²) in [4.78, 5) is 37.5. The second kappa shape index (κ2) is 7.63. The second-order valence-corrected chi connectivity index (χ2v) is 6.82. The van der Waals surface area contributed by atoms with Crippen LogP contribution in [0.4, 0.5) is 10.5 Å². The summed E-state index contributed by atoms with van der Waals surface area (Å²) >= 11 is 0. The van der Waals surface area contributed by atoms with E-state index in [0.29, 0.717) is 36.8 Å². The molecule has 1 fully saturated rings. The molecule has 2 N–H and O–H groups in total. The average Bonchev–Trinajstić information content (AvgIpc) is 2.77.